The Kier molecular flexibility index (Phi) is 8.07. The van der Waals surface area contributed by atoms with Crippen molar-refractivity contribution in [3.63, 3.8) is 0 Å². The molecule has 0 spiro atoms. The standard InChI is InChI=1S/C16H23F3N2O.ClH/c1-4-6-13(20)14(22)21-10-15(2,3)11-7-5-8-12(9-11)16(17,18)19;/h5,7-9,13H,4,6,10,20H2,1-3H3,(H,21,22);1H. The van der Waals surface area contributed by atoms with Crippen molar-refractivity contribution in [3.05, 3.63) is 35.4 Å². The summed E-state index contributed by atoms with van der Waals surface area (Å²) in [7, 11) is 0. The Hall–Kier alpha value is -1.27. The van der Waals surface area contributed by atoms with Crippen molar-refractivity contribution >= 4 is 18.3 Å². The van der Waals surface area contributed by atoms with Crippen LogP contribution in [0.4, 0.5) is 13.2 Å². The topological polar surface area (TPSA) is 55.1 Å². The van der Waals surface area contributed by atoms with E-state index in [0.29, 0.717) is 12.0 Å². The van der Waals surface area contributed by atoms with Gasteiger partial charge in [-0.3, -0.25) is 4.79 Å². The molecule has 23 heavy (non-hydrogen) atoms. The van der Waals surface area contributed by atoms with Crippen molar-refractivity contribution in [2.24, 2.45) is 5.73 Å². The van der Waals surface area contributed by atoms with E-state index < -0.39 is 23.2 Å². The summed E-state index contributed by atoms with van der Waals surface area (Å²) in [5, 5.41) is 2.72. The van der Waals surface area contributed by atoms with E-state index in [1.807, 2.05) is 6.92 Å². The summed E-state index contributed by atoms with van der Waals surface area (Å²) in [6.45, 7) is 5.73. The van der Waals surface area contributed by atoms with E-state index in [1.165, 1.54) is 6.07 Å². The van der Waals surface area contributed by atoms with Gasteiger partial charge in [-0.15, -0.1) is 12.4 Å². The molecule has 0 saturated carbocycles. The van der Waals surface area contributed by atoms with E-state index in [4.69, 9.17) is 5.73 Å². The van der Waals surface area contributed by atoms with Crippen LogP contribution in [0.1, 0.15) is 44.7 Å². The van der Waals surface area contributed by atoms with Crippen molar-refractivity contribution in [2.45, 2.75) is 51.2 Å². The molecule has 3 N–H and O–H groups in total. The molecule has 1 aromatic rings. The second-order valence-corrected chi connectivity index (χ2v) is 6.08. The quantitative estimate of drug-likeness (QED) is 0.821. The lowest BCUT2D eigenvalue weighted by Crippen LogP contribution is -2.45. The summed E-state index contributed by atoms with van der Waals surface area (Å²) >= 11 is 0. The average Bonchev–Trinajstić information content (AvgIpc) is 2.44. The first-order valence-electron chi connectivity index (χ1n) is 7.29. The van der Waals surface area contributed by atoms with Gasteiger partial charge in [-0.25, -0.2) is 0 Å². The number of nitrogens with two attached hydrogens (primary N) is 1. The van der Waals surface area contributed by atoms with Crippen molar-refractivity contribution in [1.82, 2.24) is 5.32 Å². The zero-order valence-electron chi connectivity index (χ0n) is 13.5. The molecule has 1 aromatic carbocycles. The van der Waals surface area contributed by atoms with Gasteiger partial charge in [0, 0.05) is 12.0 Å². The van der Waals surface area contributed by atoms with Gasteiger partial charge in [0.05, 0.1) is 11.6 Å². The fourth-order valence-electron chi connectivity index (χ4n) is 2.10. The number of rotatable bonds is 6. The maximum atomic E-state index is 12.8. The molecule has 1 amide bonds. The fraction of sp³-hybridized carbons (Fsp3) is 0.562. The lowest BCUT2D eigenvalue weighted by Gasteiger charge is -2.27. The third kappa shape index (κ3) is 6.39. The van der Waals surface area contributed by atoms with Crippen molar-refractivity contribution < 1.29 is 18.0 Å². The molecule has 1 unspecified atom stereocenters. The van der Waals surface area contributed by atoms with Gasteiger partial charge in [0.2, 0.25) is 5.91 Å². The molecule has 7 heteroatoms. The highest BCUT2D eigenvalue weighted by Crippen LogP contribution is 2.32. The van der Waals surface area contributed by atoms with Crippen LogP contribution in [0.2, 0.25) is 0 Å². The molecule has 0 radical (unpaired) electrons. The Labute approximate surface area is 141 Å². The van der Waals surface area contributed by atoms with Crippen LogP contribution >= 0.6 is 12.4 Å². The molecular formula is C16H24ClF3N2O. The monoisotopic (exact) mass is 352 g/mol. The minimum atomic E-state index is -4.38. The van der Waals surface area contributed by atoms with Crippen LogP contribution in [-0.4, -0.2) is 18.5 Å². The van der Waals surface area contributed by atoms with Gasteiger partial charge < -0.3 is 11.1 Å². The van der Waals surface area contributed by atoms with E-state index in [9.17, 15) is 18.0 Å². The zero-order chi connectivity index (χ0) is 17.0. The van der Waals surface area contributed by atoms with E-state index in [2.05, 4.69) is 5.32 Å². The highest BCUT2D eigenvalue weighted by atomic mass is 35.5. The summed E-state index contributed by atoms with van der Waals surface area (Å²) in [5.74, 6) is -0.276. The summed E-state index contributed by atoms with van der Waals surface area (Å²) < 4.78 is 38.3. The van der Waals surface area contributed by atoms with Gasteiger partial charge in [-0.1, -0.05) is 45.4 Å². The van der Waals surface area contributed by atoms with Crippen LogP contribution in [0.15, 0.2) is 24.3 Å². The number of carbonyl (C=O) groups is 1. The smallest absolute Gasteiger partial charge is 0.354 e. The molecule has 0 aromatic heterocycles. The van der Waals surface area contributed by atoms with E-state index in [0.717, 1.165) is 18.6 Å². The third-order valence-corrected chi connectivity index (χ3v) is 3.61. The molecule has 132 valence electrons. The number of nitrogens with one attached hydrogen (secondary N) is 1. The molecule has 1 atom stereocenters. The summed E-state index contributed by atoms with van der Waals surface area (Å²) in [6, 6.07) is 4.59. The van der Waals surface area contributed by atoms with Gasteiger partial charge in [0.25, 0.3) is 0 Å². The number of hydrogen-bond donors (Lipinski definition) is 2. The van der Waals surface area contributed by atoms with Crippen molar-refractivity contribution in [2.75, 3.05) is 6.54 Å². The molecule has 0 fully saturated rings. The predicted octanol–water partition coefficient (Wildman–Crippen LogP) is 3.65. The van der Waals surface area contributed by atoms with Crippen LogP contribution in [0.5, 0.6) is 0 Å². The highest BCUT2D eigenvalue weighted by molar-refractivity contribution is 5.85. The first kappa shape index (κ1) is 21.7. The minimum absolute atomic E-state index is 0. The Balaban J connectivity index is 0.00000484. The van der Waals surface area contributed by atoms with Crippen LogP contribution in [0.3, 0.4) is 0 Å². The number of benzene rings is 1. The van der Waals surface area contributed by atoms with E-state index in [-0.39, 0.29) is 24.9 Å². The second kappa shape index (κ2) is 8.55. The van der Waals surface area contributed by atoms with Crippen LogP contribution in [-0.2, 0) is 16.4 Å². The number of hydrogen-bond acceptors (Lipinski definition) is 2. The number of halogens is 4. The van der Waals surface area contributed by atoms with Crippen LogP contribution in [0.25, 0.3) is 0 Å². The van der Waals surface area contributed by atoms with Gasteiger partial charge in [0.1, 0.15) is 0 Å². The van der Waals surface area contributed by atoms with Gasteiger partial charge in [-0.05, 0) is 18.1 Å². The fourth-order valence-corrected chi connectivity index (χ4v) is 2.10. The summed E-state index contributed by atoms with van der Waals surface area (Å²) in [6.07, 6.45) is -3.00. The lowest BCUT2D eigenvalue weighted by molar-refractivity contribution is -0.137. The van der Waals surface area contributed by atoms with E-state index >= 15 is 0 Å². The van der Waals surface area contributed by atoms with Crippen molar-refractivity contribution in [1.29, 1.82) is 0 Å². The van der Waals surface area contributed by atoms with Crippen molar-refractivity contribution in [3.8, 4) is 0 Å². The second-order valence-electron chi connectivity index (χ2n) is 6.08. The predicted molar refractivity (Wildman–Crippen MR) is 87.6 cm³/mol. The minimum Gasteiger partial charge on any atom is -0.354 e. The Morgan fingerprint density at radius 2 is 1.83 bits per heavy atom. The van der Waals surface area contributed by atoms with Gasteiger partial charge in [-0.2, -0.15) is 13.2 Å². The normalized spacial score (nSPS) is 13.2. The number of amides is 1. The zero-order valence-corrected chi connectivity index (χ0v) is 14.4. The molecule has 0 bridgehead atoms. The SMILES string of the molecule is CCCC(N)C(=O)NCC(C)(C)c1cccc(C(F)(F)F)c1.Cl. The van der Waals surface area contributed by atoms with Crippen LogP contribution < -0.4 is 11.1 Å². The molecular weight excluding hydrogens is 329 g/mol. The Morgan fingerprint density at radius 3 is 2.35 bits per heavy atom. The van der Waals surface area contributed by atoms with Crippen LogP contribution in [0, 0.1) is 0 Å². The molecule has 0 heterocycles. The molecule has 0 aliphatic heterocycles. The number of alkyl halides is 3. The molecule has 1 rings (SSSR count). The summed E-state index contributed by atoms with van der Waals surface area (Å²) in [4.78, 5) is 11.8. The largest absolute Gasteiger partial charge is 0.416 e. The lowest BCUT2D eigenvalue weighted by atomic mass is 9.83. The van der Waals surface area contributed by atoms with Gasteiger partial charge >= 0.3 is 6.18 Å². The maximum Gasteiger partial charge on any atom is 0.416 e. The Morgan fingerprint density at radius 1 is 1.26 bits per heavy atom. The average molecular weight is 353 g/mol. The van der Waals surface area contributed by atoms with E-state index in [1.54, 1.807) is 19.9 Å². The summed E-state index contributed by atoms with van der Waals surface area (Å²) in [5.41, 5.74) is 4.93. The Bertz CT molecular complexity index is 518. The third-order valence-electron chi connectivity index (χ3n) is 3.61. The molecule has 3 nitrogen and oxygen atoms in total. The molecule has 0 saturated heterocycles. The maximum absolute atomic E-state index is 12.8. The first-order valence-corrected chi connectivity index (χ1v) is 7.29. The number of carbonyl (C=O) groups excluding carboxylic acids is 1. The van der Waals surface area contributed by atoms with Gasteiger partial charge in [0.15, 0.2) is 0 Å². The first-order chi connectivity index (χ1) is 10.1. The highest BCUT2D eigenvalue weighted by Gasteiger charge is 2.32. The molecule has 0 aliphatic rings. The molecule has 0 aliphatic carbocycles.